The molecule has 1 N–H and O–H groups in total. The van der Waals surface area contributed by atoms with Crippen LogP contribution in [0.25, 0.3) is 0 Å². The third kappa shape index (κ3) is 5.55. The van der Waals surface area contributed by atoms with Crippen LogP contribution in [0, 0.1) is 11.7 Å². The van der Waals surface area contributed by atoms with Crippen molar-refractivity contribution in [3.63, 3.8) is 0 Å². The Bertz CT molecular complexity index is 429. The quantitative estimate of drug-likeness (QED) is 0.581. The van der Waals surface area contributed by atoms with Gasteiger partial charge in [0.2, 0.25) is 0 Å². The molecule has 0 heterocycles. The zero-order valence-corrected chi connectivity index (χ0v) is 15.3. The van der Waals surface area contributed by atoms with Crippen LogP contribution in [0.3, 0.4) is 0 Å². The second kappa shape index (κ2) is 9.29. The minimum Gasteiger partial charge on any atom is -0.309 e. The highest BCUT2D eigenvalue weighted by atomic mass is 79.9. The molecular formula is C15H22BrClFNS. The van der Waals surface area contributed by atoms with E-state index in [-0.39, 0.29) is 16.9 Å². The van der Waals surface area contributed by atoms with Crippen LogP contribution in [-0.2, 0) is 0 Å². The highest BCUT2D eigenvalue weighted by Crippen LogP contribution is 2.31. The molecule has 5 heteroatoms. The summed E-state index contributed by atoms with van der Waals surface area (Å²) in [6.07, 6.45) is 1.03. The van der Waals surface area contributed by atoms with Crippen molar-refractivity contribution in [3.05, 3.63) is 33.0 Å². The zero-order valence-electron chi connectivity index (χ0n) is 12.2. The average molecular weight is 383 g/mol. The van der Waals surface area contributed by atoms with Crippen LogP contribution in [0.2, 0.25) is 5.02 Å². The Morgan fingerprint density at radius 1 is 1.35 bits per heavy atom. The summed E-state index contributed by atoms with van der Waals surface area (Å²) in [6.45, 7) is 7.37. The standard InChI is InChI=1S/C15H22BrClFNS/c1-4-7-19-13(9-20-8-10(2)3)11-5-6-12(16)14(17)15(11)18/h5-6,10,13,19H,4,7-9H2,1-3H3. The van der Waals surface area contributed by atoms with E-state index in [0.717, 1.165) is 24.5 Å². The van der Waals surface area contributed by atoms with Crippen molar-refractivity contribution in [2.75, 3.05) is 18.1 Å². The summed E-state index contributed by atoms with van der Waals surface area (Å²) in [4.78, 5) is 0. The summed E-state index contributed by atoms with van der Waals surface area (Å²) in [7, 11) is 0. The molecule has 0 aliphatic rings. The van der Waals surface area contributed by atoms with Crippen molar-refractivity contribution in [2.24, 2.45) is 5.92 Å². The number of halogens is 3. The maximum Gasteiger partial charge on any atom is 0.147 e. The van der Waals surface area contributed by atoms with E-state index in [4.69, 9.17) is 11.6 Å². The number of hydrogen-bond acceptors (Lipinski definition) is 2. The number of nitrogens with one attached hydrogen (secondary N) is 1. The van der Waals surface area contributed by atoms with E-state index in [2.05, 4.69) is 42.0 Å². The van der Waals surface area contributed by atoms with Gasteiger partial charge in [0, 0.05) is 21.8 Å². The first-order valence-electron chi connectivity index (χ1n) is 6.91. The lowest BCUT2D eigenvalue weighted by Crippen LogP contribution is -2.25. The van der Waals surface area contributed by atoms with Gasteiger partial charge in [-0.15, -0.1) is 0 Å². The summed E-state index contributed by atoms with van der Waals surface area (Å²) in [5.74, 6) is 2.26. The SMILES string of the molecule is CCCNC(CSCC(C)C)c1ccc(Br)c(Cl)c1F. The number of benzene rings is 1. The monoisotopic (exact) mass is 381 g/mol. The fourth-order valence-electron chi connectivity index (χ4n) is 1.81. The smallest absolute Gasteiger partial charge is 0.147 e. The first-order chi connectivity index (χ1) is 9.47. The third-order valence-electron chi connectivity index (χ3n) is 2.82. The molecule has 0 spiro atoms. The summed E-state index contributed by atoms with van der Waals surface area (Å²) < 4.78 is 14.9. The maximum absolute atomic E-state index is 14.3. The topological polar surface area (TPSA) is 12.0 Å². The van der Waals surface area contributed by atoms with E-state index >= 15 is 0 Å². The predicted molar refractivity (Wildman–Crippen MR) is 92.3 cm³/mol. The van der Waals surface area contributed by atoms with Gasteiger partial charge in [0.1, 0.15) is 5.82 Å². The normalized spacial score (nSPS) is 12.9. The van der Waals surface area contributed by atoms with E-state index in [1.807, 2.05) is 23.9 Å². The van der Waals surface area contributed by atoms with Gasteiger partial charge in [0.15, 0.2) is 0 Å². The van der Waals surface area contributed by atoms with Crippen LogP contribution in [0.1, 0.15) is 38.8 Å². The molecule has 0 radical (unpaired) electrons. The fraction of sp³-hybridized carbons (Fsp3) is 0.600. The van der Waals surface area contributed by atoms with Gasteiger partial charge < -0.3 is 5.32 Å². The second-order valence-corrected chi connectivity index (χ2v) is 7.51. The molecule has 1 atom stereocenters. The van der Waals surface area contributed by atoms with Gasteiger partial charge in [-0.1, -0.05) is 38.4 Å². The Labute approximate surface area is 139 Å². The molecule has 1 unspecified atom stereocenters. The van der Waals surface area contributed by atoms with Crippen LogP contribution >= 0.6 is 39.3 Å². The van der Waals surface area contributed by atoms with E-state index < -0.39 is 0 Å². The van der Waals surface area contributed by atoms with Gasteiger partial charge in [0.05, 0.1) is 5.02 Å². The highest BCUT2D eigenvalue weighted by Gasteiger charge is 2.18. The van der Waals surface area contributed by atoms with E-state index in [0.29, 0.717) is 16.0 Å². The molecule has 0 saturated carbocycles. The molecule has 0 aliphatic heterocycles. The average Bonchev–Trinajstić information content (AvgIpc) is 2.40. The van der Waals surface area contributed by atoms with E-state index in [9.17, 15) is 4.39 Å². The Morgan fingerprint density at radius 3 is 2.65 bits per heavy atom. The van der Waals surface area contributed by atoms with Crippen molar-refractivity contribution in [3.8, 4) is 0 Å². The molecule has 0 amide bonds. The molecule has 0 aromatic heterocycles. The van der Waals surface area contributed by atoms with E-state index in [1.54, 1.807) is 0 Å². The summed E-state index contributed by atoms with van der Waals surface area (Å²) in [6, 6.07) is 3.63. The Hall–Kier alpha value is 0.230. The van der Waals surface area contributed by atoms with E-state index in [1.165, 1.54) is 0 Å². The number of hydrogen-bond donors (Lipinski definition) is 1. The molecule has 0 saturated heterocycles. The van der Waals surface area contributed by atoms with Crippen LogP contribution in [0.4, 0.5) is 4.39 Å². The minimum absolute atomic E-state index is 0.00398. The predicted octanol–water partition coefficient (Wildman–Crippen LogP) is 5.67. The summed E-state index contributed by atoms with van der Waals surface area (Å²) in [5.41, 5.74) is 0.655. The molecule has 1 aromatic carbocycles. The number of thioether (sulfide) groups is 1. The van der Waals surface area contributed by atoms with Crippen LogP contribution in [-0.4, -0.2) is 18.1 Å². The molecule has 1 nitrogen and oxygen atoms in total. The molecule has 1 rings (SSSR count). The molecule has 0 fully saturated rings. The Kier molecular flexibility index (Phi) is 8.49. The lowest BCUT2D eigenvalue weighted by atomic mass is 10.1. The van der Waals surface area contributed by atoms with Gasteiger partial charge >= 0.3 is 0 Å². The van der Waals surface area contributed by atoms with Crippen LogP contribution in [0.15, 0.2) is 16.6 Å². The lowest BCUT2D eigenvalue weighted by molar-refractivity contribution is 0.532. The van der Waals surface area contributed by atoms with Crippen molar-refractivity contribution in [1.29, 1.82) is 0 Å². The first-order valence-corrected chi connectivity index (χ1v) is 9.24. The fourth-order valence-corrected chi connectivity index (χ4v) is 3.43. The van der Waals surface area contributed by atoms with Gasteiger partial charge in [-0.2, -0.15) is 11.8 Å². The van der Waals surface area contributed by atoms with Crippen LogP contribution < -0.4 is 5.32 Å². The van der Waals surface area contributed by atoms with Crippen LogP contribution in [0.5, 0.6) is 0 Å². The largest absolute Gasteiger partial charge is 0.309 e. The van der Waals surface area contributed by atoms with Crippen molar-refractivity contribution in [2.45, 2.75) is 33.2 Å². The molecule has 0 aliphatic carbocycles. The number of rotatable bonds is 8. The molecular weight excluding hydrogens is 361 g/mol. The summed E-state index contributed by atoms with van der Waals surface area (Å²) in [5, 5.41) is 3.58. The Morgan fingerprint density at radius 2 is 2.05 bits per heavy atom. The van der Waals surface area contributed by atoms with Gasteiger partial charge in [-0.3, -0.25) is 0 Å². The molecule has 20 heavy (non-hydrogen) atoms. The maximum atomic E-state index is 14.3. The molecule has 114 valence electrons. The lowest BCUT2D eigenvalue weighted by Gasteiger charge is -2.20. The highest BCUT2D eigenvalue weighted by molar-refractivity contribution is 9.10. The van der Waals surface area contributed by atoms with Gasteiger partial charge in [0.25, 0.3) is 0 Å². The second-order valence-electron chi connectivity index (χ2n) is 5.20. The minimum atomic E-state index is -0.320. The summed E-state index contributed by atoms with van der Waals surface area (Å²) >= 11 is 11.1. The third-order valence-corrected chi connectivity index (χ3v) is 5.55. The van der Waals surface area contributed by atoms with Gasteiger partial charge in [-0.25, -0.2) is 4.39 Å². The zero-order chi connectivity index (χ0) is 15.1. The molecule has 1 aromatic rings. The Balaban J connectivity index is 2.84. The van der Waals surface area contributed by atoms with Crippen molar-refractivity contribution < 1.29 is 4.39 Å². The van der Waals surface area contributed by atoms with Crippen molar-refractivity contribution in [1.82, 2.24) is 5.32 Å². The molecule has 0 bridgehead atoms. The van der Waals surface area contributed by atoms with Gasteiger partial charge in [-0.05, 0) is 46.6 Å². The van der Waals surface area contributed by atoms with Crippen molar-refractivity contribution >= 4 is 39.3 Å². The first kappa shape index (κ1) is 18.3.